The fourth-order valence-corrected chi connectivity index (χ4v) is 0.171. The molecule has 0 aliphatic rings. The van der Waals surface area contributed by atoms with Gasteiger partial charge in [0.05, 0.1) is 0 Å². The van der Waals surface area contributed by atoms with Crippen LogP contribution in [0.5, 0.6) is 0 Å². The van der Waals surface area contributed by atoms with E-state index in [-0.39, 0.29) is 13.3 Å². The van der Waals surface area contributed by atoms with Crippen molar-refractivity contribution in [1.29, 1.82) is 0 Å². The van der Waals surface area contributed by atoms with E-state index < -0.39 is 0 Å². The van der Waals surface area contributed by atoms with Gasteiger partial charge in [0.15, 0.2) is 0 Å². The minimum atomic E-state index is 0.0146. The smallest absolute Gasteiger partial charge is 0.127 e. The Balaban J connectivity index is 2.96. The van der Waals surface area contributed by atoms with E-state index in [1.165, 1.54) is 0 Å². The largest absolute Gasteiger partial charge is 0.363 e. The summed E-state index contributed by atoms with van der Waals surface area (Å²) in [6.45, 7) is 0.208. The number of hydrogen-bond donors (Lipinski definition) is 0. The normalized spacial score (nSPS) is 6.88. The molecule has 0 N–H and O–H groups in total. The molecule has 0 amide bonds. The van der Waals surface area contributed by atoms with E-state index in [0.717, 1.165) is 0 Å². The summed E-state index contributed by atoms with van der Waals surface area (Å²) in [5.41, 5.74) is 7.69. The minimum Gasteiger partial charge on any atom is -0.363 e. The Morgan fingerprint density at radius 2 is 2.62 bits per heavy atom. The Labute approximate surface area is 47.1 Å². The van der Waals surface area contributed by atoms with Gasteiger partial charge in [0.25, 0.3) is 0 Å². The van der Waals surface area contributed by atoms with Crippen molar-refractivity contribution >= 4 is 0 Å². The first-order chi connectivity index (χ1) is 3.91. The van der Waals surface area contributed by atoms with Crippen LogP contribution in [0.3, 0.4) is 0 Å². The molecule has 0 aromatic heterocycles. The van der Waals surface area contributed by atoms with Crippen LogP contribution in [0.15, 0.2) is 5.11 Å². The second kappa shape index (κ2) is 5.83. The molecule has 0 rings (SSSR count). The summed E-state index contributed by atoms with van der Waals surface area (Å²) < 4.78 is 4.57. The van der Waals surface area contributed by atoms with Crippen molar-refractivity contribution in [1.82, 2.24) is 0 Å². The first kappa shape index (κ1) is 6.83. The lowest BCUT2D eigenvalue weighted by atomic mass is 10.8. The third kappa shape index (κ3) is 4.83. The lowest BCUT2D eigenvalue weighted by Gasteiger charge is -1.86. The van der Waals surface area contributed by atoms with Gasteiger partial charge in [0.1, 0.15) is 13.3 Å². The Bertz CT molecular complexity index is 131. The average Bonchev–Trinajstić information content (AvgIpc) is 1.81. The van der Waals surface area contributed by atoms with Crippen LogP contribution in [0, 0.1) is 12.3 Å². The summed E-state index contributed by atoms with van der Waals surface area (Å²) >= 11 is 0. The van der Waals surface area contributed by atoms with Gasteiger partial charge in [-0.2, -0.15) is 0 Å². The van der Waals surface area contributed by atoms with Crippen LogP contribution in [-0.2, 0) is 4.74 Å². The van der Waals surface area contributed by atoms with Crippen LogP contribution in [0.1, 0.15) is 0 Å². The second-order valence-corrected chi connectivity index (χ2v) is 0.913. The molecule has 0 saturated heterocycles. The van der Waals surface area contributed by atoms with Gasteiger partial charge in [-0.25, -0.2) is 0 Å². The molecular weight excluding hydrogens is 106 g/mol. The van der Waals surface area contributed by atoms with Crippen LogP contribution in [-0.4, -0.2) is 13.3 Å². The fourth-order valence-electron chi connectivity index (χ4n) is 0.171. The van der Waals surface area contributed by atoms with E-state index >= 15 is 0 Å². The molecular formula is C4H5N3O. The van der Waals surface area contributed by atoms with Crippen molar-refractivity contribution in [3.05, 3.63) is 10.4 Å². The summed E-state index contributed by atoms with van der Waals surface area (Å²) in [5.74, 6) is 2.22. The molecule has 0 fully saturated rings. The monoisotopic (exact) mass is 111 g/mol. The SMILES string of the molecule is C#CCOCN=[N+]=[N-]. The fraction of sp³-hybridized carbons (Fsp3) is 0.500. The number of azide groups is 1. The predicted octanol–water partition coefficient (Wildman–Crippen LogP) is 0.904. The topological polar surface area (TPSA) is 58.0 Å². The average molecular weight is 111 g/mol. The zero-order valence-electron chi connectivity index (χ0n) is 4.24. The number of nitrogens with zero attached hydrogens (tertiary/aromatic N) is 3. The van der Waals surface area contributed by atoms with Crippen molar-refractivity contribution in [3.63, 3.8) is 0 Å². The summed E-state index contributed by atoms with van der Waals surface area (Å²) in [6, 6.07) is 0. The molecule has 0 spiro atoms. The van der Waals surface area contributed by atoms with Crippen molar-refractivity contribution in [2.24, 2.45) is 5.11 Å². The lowest BCUT2D eigenvalue weighted by Crippen LogP contribution is -1.88. The number of rotatable bonds is 3. The van der Waals surface area contributed by atoms with E-state index in [0.29, 0.717) is 0 Å². The molecule has 8 heavy (non-hydrogen) atoms. The summed E-state index contributed by atoms with van der Waals surface area (Å²) in [6.07, 6.45) is 4.80. The molecule has 0 aromatic carbocycles. The van der Waals surface area contributed by atoms with Crippen molar-refractivity contribution < 1.29 is 4.74 Å². The van der Waals surface area contributed by atoms with Crippen LogP contribution in [0.2, 0.25) is 0 Å². The highest BCUT2D eigenvalue weighted by Crippen LogP contribution is 1.73. The molecule has 0 aliphatic carbocycles. The molecule has 0 bridgehead atoms. The van der Waals surface area contributed by atoms with Gasteiger partial charge in [-0.3, -0.25) is 0 Å². The molecule has 0 aliphatic heterocycles. The maximum absolute atomic E-state index is 7.69. The Hall–Kier alpha value is -1.17. The number of hydrogen-bond acceptors (Lipinski definition) is 2. The molecule has 4 nitrogen and oxygen atoms in total. The van der Waals surface area contributed by atoms with Gasteiger partial charge in [0, 0.05) is 4.91 Å². The molecule has 0 saturated carbocycles. The van der Waals surface area contributed by atoms with E-state index in [1.54, 1.807) is 0 Å². The van der Waals surface area contributed by atoms with Crippen molar-refractivity contribution in [2.75, 3.05) is 13.3 Å². The molecule has 0 unspecified atom stereocenters. The molecule has 0 atom stereocenters. The maximum atomic E-state index is 7.69. The highest BCUT2D eigenvalue weighted by molar-refractivity contribution is 4.82. The van der Waals surface area contributed by atoms with Gasteiger partial charge in [0.2, 0.25) is 0 Å². The maximum Gasteiger partial charge on any atom is 0.127 e. The van der Waals surface area contributed by atoms with E-state index in [1.807, 2.05) is 0 Å². The summed E-state index contributed by atoms with van der Waals surface area (Å²) in [5, 5.41) is 3.07. The van der Waals surface area contributed by atoms with Crippen molar-refractivity contribution in [2.45, 2.75) is 0 Å². The molecule has 4 heteroatoms. The van der Waals surface area contributed by atoms with E-state index in [9.17, 15) is 0 Å². The zero-order chi connectivity index (χ0) is 6.24. The van der Waals surface area contributed by atoms with Gasteiger partial charge in [-0.05, 0) is 5.53 Å². The van der Waals surface area contributed by atoms with E-state index in [4.69, 9.17) is 12.0 Å². The van der Waals surface area contributed by atoms with Crippen molar-refractivity contribution in [3.8, 4) is 12.3 Å². The Morgan fingerprint density at radius 1 is 1.88 bits per heavy atom. The standard InChI is InChI=1S/C4H5N3O/c1-2-3-8-4-6-7-5/h1H,3-4H2. The van der Waals surface area contributed by atoms with Crippen LogP contribution in [0.4, 0.5) is 0 Å². The van der Waals surface area contributed by atoms with Gasteiger partial charge in [-0.1, -0.05) is 11.0 Å². The predicted molar refractivity (Wildman–Crippen MR) is 28.8 cm³/mol. The molecule has 0 aromatic rings. The minimum absolute atomic E-state index is 0.0146. The third-order valence-electron chi connectivity index (χ3n) is 0.398. The second-order valence-electron chi connectivity index (χ2n) is 0.913. The van der Waals surface area contributed by atoms with E-state index in [2.05, 4.69) is 20.7 Å². The first-order valence-electron chi connectivity index (χ1n) is 1.94. The molecule has 42 valence electrons. The highest BCUT2D eigenvalue weighted by atomic mass is 16.5. The third-order valence-corrected chi connectivity index (χ3v) is 0.398. The Morgan fingerprint density at radius 3 is 3.12 bits per heavy atom. The quantitative estimate of drug-likeness (QED) is 0.175. The van der Waals surface area contributed by atoms with Gasteiger partial charge < -0.3 is 4.74 Å². The van der Waals surface area contributed by atoms with Gasteiger partial charge in [-0.15, -0.1) is 6.42 Å². The number of terminal acetylenes is 1. The highest BCUT2D eigenvalue weighted by Gasteiger charge is 1.73. The molecule has 0 radical (unpaired) electrons. The number of ether oxygens (including phenoxy) is 1. The van der Waals surface area contributed by atoms with Crippen LogP contribution >= 0.6 is 0 Å². The Kier molecular flexibility index (Phi) is 4.98. The van der Waals surface area contributed by atoms with Crippen LogP contribution in [0.25, 0.3) is 10.4 Å². The van der Waals surface area contributed by atoms with Gasteiger partial charge >= 0.3 is 0 Å². The lowest BCUT2D eigenvalue weighted by molar-refractivity contribution is 0.175. The first-order valence-corrected chi connectivity index (χ1v) is 1.94. The summed E-state index contributed by atoms with van der Waals surface area (Å²) in [7, 11) is 0. The summed E-state index contributed by atoms with van der Waals surface area (Å²) in [4.78, 5) is 2.44. The zero-order valence-corrected chi connectivity index (χ0v) is 4.24. The van der Waals surface area contributed by atoms with Crippen LogP contribution < -0.4 is 0 Å². The molecule has 0 heterocycles.